The van der Waals surface area contributed by atoms with Crippen LogP contribution in [0.4, 0.5) is 4.39 Å². The molecule has 6 heteroatoms. The van der Waals surface area contributed by atoms with Crippen LogP contribution >= 0.6 is 0 Å². The number of aromatic nitrogens is 3. The van der Waals surface area contributed by atoms with Crippen LogP contribution in [0.25, 0.3) is 11.1 Å². The van der Waals surface area contributed by atoms with Crippen molar-refractivity contribution >= 4 is 11.1 Å². The lowest BCUT2D eigenvalue weighted by Crippen LogP contribution is -2.21. The molecular weight excluding hydrogens is 249 g/mol. The Labute approximate surface area is 107 Å². The molecule has 0 fully saturated rings. The lowest BCUT2D eigenvalue weighted by Gasteiger charge is -2.04. The lowest BCUT2D eigenvalue weighted by atomic mass is 10.2. The van der Waals surface area contributed by atoms with E-state index in [-0.39, 0.29) is 23.6 Å². The Morgan fingerprint density at radius 1 is 1.42 bits per heavy atom. The summed E-state index contributed by atoms with van der Waals surface area (Å²) in [6, 6.07) is 6.10. The average Bonchev–Trinajstić information content (AvgIpc) is 2.75. The van der Waals surface area contributed by atoms with Crippen LogP contribution in [0.1, 0.15) is 11.3 Å². The predicted molar refractivity (Wildman–Crippen MR) is 66.3 cm³/mol. The molecule has 2 aromatic heterocycles. The highest BCUT2D eigenvalue weighted by molar-refractivity contribution is 5.73. The van der Waals surface area contributed by atoms with E-state index < -0.39 is 0 Å². The Morgan fingerprint density at radius 3 is 3.05 bits per heavy atom. The SMILES string of the molecule is Cc1noc2ncn(Cc3cccc(F)c3)c(=O)c12. The summed E-state index contributed by atoms with van der Waals surface area (Å²) in [6.45, 7) is 1.94. The summed E-state index contributed by atoms with van der Waals surface area (Å²) < 4.78 is 19.4. The Balaban J connectivity index is 2.08. The smallest absolute Gasteiger partial charge is 0.266 e. The summed E-state index contributed by atoms with van der Waals surface area (Å²) in [4.78, 5) is 16.3. The number of nitrogens with zero attached hydrogens (tertiary/aromatic N) is 3. The number of benzene rings is 1. The third-order valence-corrected chi connectivity index (χ3v) is 2.88. The Hall–Kier alpha value is -2.50. The van der Waals surface area contributed by atoms with Crippen LogP contribution in [-0.2, 0) is 6.54 Å². The maximum atomic E-state index is 13.1. The van der Waals surface area contributed by atoms with Crippen molar-refractivity contribution < 1.29 is 8.91 Å². The molecule has 3 rings (SSSR count). The third-order valence-electron chi connectivity index (χ3n) is 2.88. The number of hydrogen-bond acceptors (Lipinski definition) is 4. The largest absolute Gasteiger partial charge is 0.335 e. The van der Waals surface area contributed by atoms with Crippen molar-refractivity contribution in [2.75, 3.05) is 0 Å². The third kappa shape index (κ3) is 2.01. The minimum atomic E-state index is -0.333. The zero-order valence-electron chi connectivity index (χ0n) is 10.1. The fourth-order valence-electron chi connectivity index (χ4n) is 1.95. The van der Waals surface area contributed by atoms with Gasteiger partial charge >= 0.3 is 0 Å². The molecular formula is C13H10FN3O2. The first-order valence-corrected chi connectivity index (χ1v) is 5.71. The van der Waals surface area contributed by atoms with Gasteiger partial charge in [0.25, 0.3) is 11.3 Å². The van der Waals surface area contributed by atoms with Gasteiger partial charge in [-0.2, -0.15) is 0 Å². The molecule has 0 bridgehead atoms. The number of aryl methyl sites for hydroxylation is 1. The standard InChI is InChI=1S/C13H10FN3O2/c1-8-11-12(19-16-8)15-7-17(13(11)18)6-9-3-2-4-10(14)5-9/h2-5,7H,6H2,1H3. The second kappa shape index (κ2) is 4.31. The van der Waals surface area contributed by atoms with E-state index in [9.17, 15) is 9.18 Å². The Bertz CT molecular complexity index is 807. The van der Waals surface area contributed by atoms with Gasteiger partial charge in [0.05, 0.1) is 12.2 Å². The minimum absolute atomic E-state index is 0.220. The second-order valence-electron chi connectivity index (χ2n) is 4.26. The first-order valence-electron chi connectivity index (χ1n) is 5.71. The lowest BCUT2D eigenvalue weighted by molar-refractivity contribution is 0.442. The van der Waals surface area contributed by atoms with Crippen LogP contribution in [0.15, 0.2) is 39.9 Å². The van der Waals surface area contributed by atoms with Gasteiger partial charge in [-0.05, 0) is 24.6 Å². The minimum Gasteiger partial charge on any atom is -0.335 e. The zero-order valence-corrected chi connectivity index (χ0v) is 10.1. The molecule has 0 saturated heterocycles. The molecule has 0 spiro atoms. The molecule has 2 heterocycles. The van der Waals surface area contributed by atoms with Crippen molar-refractivity contribution in [3.63, 3.8) is 0 Å². The summed E-state index contributed by atoms with van der Waals surface area (Å²) in [5, 5.41) is 4.07. The van der Waals surface area contributed by atoms with E-state index in [0.29, 0.717) is 16.6 Å². The molecule has 5 nitrogen and oxygen atoms in total. The van der Waals surface area contributed by atoms with Gasteiger partial charge in [-0.3, -0.25) is 9.36 Å². The van der Waals surface area contributed by atoms with Gasteiger partial charge < -0.3 is 4.52 Å². The zero-order chi connectivity index (χ0) is 13.4. The first kappa shape index (κ1) is 11.6. The van der Waals surface area contributed by atoms with Crippen molar-refractivity contribution in [1.82, 2.24) is 14.7 Å². The average molecular weight is 259 g/mol. The van der Waals surface area contributed by atoms with E-state index in [4.69, 9.17) is 4.52 Å². The van der Waals surface area contributed by atoms with Crippen molar-refractivity contribution in [2.24, 2.45) is 0 Å². The number of rotatable bonds is 2. The monoisotopic (exact) mass is 259 g/mol. The quantitative estimate of drug-likeness (QED) is 0.705. The molecule has 19 heavy (non-hydrogen) atoms. The van der Waals surface area contributed by atoms with Gasteiger partial charge in [-0.25, -0.2) is 9.37 Å². The molecule has 1 aromatic carbocycles. The molecule has 0 unspecified atom stereocenters. The Morgan fingerprint density at radius 2 is 2.26 bits per heavy atom. The predicted octanol–water partition coefficient (Wildman–Crippen LogP) is 1.88. The van der Waals surface area contributed by atoms with E-state index >= 15 is 0 Å². The van der Waals surface area contributed by atoms with Crippen molar-refractivity contribution in [3.05, 3.63) is 58.0 Å². The maximum Gasteiger partial charge on any atom is 0.266 e. The fraction of sp³-hybridized carbons (Fsp3) is 0.154. The molecule has 0 radical (unpaired) electrons. The number of halogens is 1. The van der Waals surface area contributed by atoms with Crippen LogP contribution in [0, 0.1) is 12.7 Å². The van der Waals surface area contributed by atoms with E-state index in [1.54, 1.807) is 19.1 Å². The van der Waals surface area contributed by atoms with Gasteiger partial charge in [0.2, 0.25) is 0 Å². The molecule has 3 aromatic rings. The van der Waals surface area contributed by atoms with E-state index in [0.717, 1.165) is 0 Å². The summed E-state index contributed by atoms with van der Waals surface area (Å²) >= 11 is 0. The fourth-order valence-corrected chi connectivity index (χ4v) is 1.95. The van der Waals surface area contributed by atoms with Gasteiger partial charge in [-0.15, -0.1) is 0 Å². The van der Waals surface area contributed by atoms with E-state index in [1.807, 2.05) is 0 Å². The summed E-state index contributed by atoms with van der Waals surface area (Å²) in [5.41, 5.74) is 1.17. The molecule has 0 N–H and O–H groups in total. The Kier molecular flexibility index (Phi) is 2.63. The second-order valence-corrected chi connectivity index (χ2v) is 4.26. The molecule has 0 atom stereocenters. The van der Waals surface area contributed by atoms with Crippen molar-refractivity contribution in [1.29, 1.82) is 0 Å². The maximum absolute atomic E-state index is 13.1. The van der Waals surface area contributed by atoms with E-state index in [2.05, 4.69) is 10.1 Å². The number of fused-ring (bicyclic) bond motifs is 1. The van der Waals surface area contributed by atoms with Crippen LogP contribution in [0.3, 0.4) is 0 Å². The van der Waals surface area contributed by atoms with Crippen LogP contribution in [0.5, 0.6) is 0 Å². The highest BCUT2D eigenvalue weighted by atomic mass is 19.1. The number of hydrogen-bond donors (Lipinski definition) is 0. The molecule has 0 amide bonds. The van der Waals surface area contributed by atoms with Gasteiger partial charge in [0.1, 0.15) is 17.5 Å². The van der Waals surface area contributed by atoms with Crippen LogP contribution in [0.2, 0.25) is 0 Å². The van der Waals surface area contributed by atoms with Gasteiger partial charge in [0.15, 0.2) is 0 Å². The molecule has 0 saturated carbocycles. The summed E-state index contributed by atoms with van der Waals surface area (Å²) in [5.74, 6) is -0.333. The van der Waals surface area contributed by atoms with Crippen LogP contribution < -0.4 is 5.56 Å². The first-order chi connectivity index (χ1) is 9.15. The highest BCUT2D eigenvalue weighted by Crippen LogP contribution is 2.11. The topological polar surface area (TPSA) is 60.9 Å². The van der Waals surface area contributed by atoms with Crippen molar-refractivity contribution in [3.8, 4) is 0 Å². The molecule has 0 aliphatic rings. The van der Waals surface area contributed by atoms with E-state index in [1.165, 1.54) is 23.0 Å². The molecule has 96 valence electrons. The normalized spacial score (nSPS) is 11.1. The van der Waals surface area contributed by atoms with Crippen LogP contribution in [-0.4, -0.2) is 14.7 Å². The van der Waals surface area contributed by atoms with Gasteiger partial charge in [-0.1, -0.05) is 17.3 Å². The summed E-state index contributed by atoms with van der Waals surface area (Å²) in [7, 11) is 0. The van der Waals surface area contributed by atoms with Gasteiger partial charge in [0, 0.05) is 0 Å². The summed E-state index contributed by atoms with van der Waals surface area (Å²) in [6.07, 6.45) is 1.38. The van der Waals surface area contributed by atoms with Crippen molar-refractivity contribution in [2.45, 2.75) is 13.5 Å². The molecule has 0 aliphatic heterocycles. The molecule has 0 aliphatic carbocycles. The highest BCUT2D eigenvalue weighted by Gasteiger charge is 2.12.